The molecule has 3 rings (SSSR count). The fraction of sp³-hybridized carbons (Fsp3) is 0.133. The normalized spacial score (nSPS) is 10.9. The summed E-state index contributed by atoms with van der Waals surface area (Å²) < 4.78 is 5.43. The molecule has 0 aliphatic heterocycles. The average molecular weight is 238 g/mol. The number of rotatable bonds is 2. The molecule has 3 aromatic rings. The minimum Gasteiger partial charge on any atom is -0.428 e. The van der Waals surface area contributed by atoms with Crippen LogP contribution in [0.5, 0.6) is 0 Å². The average Bonchev–Trinajstić information content (AvgIpc) is 2.79. The van der Waals surface area contributed by atoms with Crippen LogP contribution in [0.3, 0.4) is 0 Å². The van der Waals surface area contributed by atoms with Crippen molar-refractivity contribution in [2.75, 3.05) is 5.73 Å². The quantitative estimate of drug-likeness (QED) is 0.741. The van der Waals surface area contributed by atoms with Crippen molar-refractivity contribution in [3.63, 3.8) is 0 Å². The lowest BCUT2D eigenvalue weighted by molar-refractivity contribution is 0.530. The number of benzene rings is 2. The van der Waals surface area contributed by atoms with Crippen LogP contribution >= 0.6 is 0 Å². The predicted octanol–water partition coefficient (Wildman–Crippen LogP) is 3.64. The molecule has 1 heterocycles. The maximum Gasteiger partial charge on any atom is 0.292 e. The Morgan fingerprint density at radius 1 is 1.11 bits per heavy atom. The zero-order valence-corrected chi connectivity index (χ0v) is 10.2. The van der Waals surface area contributed by atoms with Crippen LogP contribution in [0, 0.1) is 0 Å². The second-order valence-electron chi connectivity index (χ2n) is 4.20. The van der Waals surface area contributed by atoms with Gasteiger partial charge >= 0.3 is 0 Å². The van der Waals surface area contributed by atoms with Gasteiger partial charge in [-0.3, -0.25) is 0 Å². The van der Waals surface area contributed by atoms with Crippen molar-refractivity contribution >= 4 is 16.8 Å². The summed E-state index contributed by atoms with van der Waals surface area (Å²) in [5.41, 5.74) is 7.59. The van der Waals surface area contributed by atoms with Crippen LogP contribution in [0.15, 0.2) is 46.9 Å². The van der Waals surface area contributed by atoms with E-state index in [1.54, 1.807) is 0 Å². The van der Waals surface area contributed by atoms with Crippen LogP contribution in [-0.2, 0) is 6.42 Å². The summed E-state index contributed by atoms with van der Waals surface area (Å²) in [6, 6.07) is 14.7. The van der Waals surface area contributed by atoms with Gasteiger partial charge in [0, 0.05) is 12.0 Å². The van der Waals surface area contributed by atoms with E-state index < -0.39 is 0 Å². The van der Waals surface area contributed by atoms with E-state index in [1.165, 1.54) is 10.8 Å². The number of hydrogen-bond acceptors (Lipinski definition) is 3. The van der Waals surface area contributed by atoms with E-state index in [9.17, 15) is 0 Å². The molecule has 0 saturated carbocycles. The summed E-state index contributed by atoms with van der Waals surface area (Å²) in [5, 5.41) is 2.36. The standard InChI is InChI=1S/C15H14N2O/c1-2-13-14(17-15(16)18-13)12-9-5-7-10-6-3-4-8-11(10)12/h3-9H,2H2,1H3,(H2,16,17). The first-order valence-corrected chi connectivity index (χ1v) is 6.03. The molecular formula is C15H14N2O. The largest absolute Gasteiger partial charge is 0.428 e. The van der Waals surface area contributed by atoms with E-state index in [4.69, 9.17) is 10.2 Å². The van der Waals surface area contributed by atoms with Crippen molar-refractivity contribution < 1.29 is 4.42 Å². The van der Waals surface area contributed by atoms with E-state index in [1.807, 2.05) is 25.1 Å². The first-order valence-electron chi connectivity index (χ1n) is 6.03. The topological polar surface area (TPSA) is 52.0 Å². The molecule has 0 atom stereocenters. The van der Waals surface area contributed by atoms with E-state index in [-0.39, 0.29) is 6.01 Å². The number of fused-ring (bicyclic) bond motifs is 1. The van der Waals surface area contributed by atoms with Gasteiger partial charge in [0.05, 0.1) is 0 Å². The molecule has 0 bridgehead atoms. The molecule has 0 aliphatic rings. The summed E-state index contributed by atoms with van der Waals surface area (Å²) in [4.78, 5) is 4.31. The predicted molar refractivity (Wildman–Crippen MR) is 73.2 cm³/mol. The molecule has 90 valence electrons. The van der Waals surface area contributed by atoms with Gasteiger partial charge in [0.1, 0.15) is 11.5 Å². The number of nitrogens with two attached hydrogens (primary N) is 1. The third kappa shape index (κ3) is 1.64. The van der Waals surface area contributed by atoms with Crippen LogP contribution in [0.4, 0.5) is 6.01 Å². The molecule has 2 aromatic carbocycles. The molecule has 3 nitrogen and oxygen atoms in total. The van der Waals surface area contributed by atoms with Gasteiger partial charge in [0.15, 0.2) is 0 Å². The van der Waals surface area contributed by atoms with Gasteiger partial charge in [0.25, 0.3) is 6.01 Å². The monoisotopic (exact) mass is 238 g/mol. The van der Waals surface area contributed by atoms with Crippen molar-refractivity contribution in [3.05, 3.63) is 48.2 Å². The Bertz CT molecular complexity index is 695. The molecule has 1 aromatic heterocycles. The van der Waals surface area contributed by atoms with Gasteiger partial charge in [-0.05, 0) is 10.8 Å². The Kier molecular flexibility index (Phi) is 2.52. The number of anilines is 1. The van der Waals surface area contributed by atoms with Crippen molar-refractivity contribution in [1.82, 2.24) is 4.98 Å². The van der Waals surface area contributed by atoms with Crippen molar-refractivity contribution in [2.24, 2.45) is 0 Å². The lowest BCUT2D eigenvalue weighted by Crippen LogP contribution is -1.87. The number of oxazole rings is 1. The van der Waals surface area contributed by atoms with Gasteiger partial charge < -0.3 is 10.2 Å². The smallest absolute Gasteiger partial charge is 0.292 e. The van der Waals surface area contributed by atoms with Gasteiger partial charge in [0.2, 0.25) is 0 Å². The lowest BCUT2D eigenvalue weighted by atomic mass is 10.0. The Morgan fingerprint density at radius 3 is 2.72 bits per heavy atom. The molecule has 0 fully saturated rings. The summed E-state index contributed by atoms with van der Waals surface area (Å²) in [7, 11) is 0. The number of nitrogens with zero attached hydrogens (tertiary/aromatic N) is 1. The van der Waals surface area contributed by atoms with Gasteiger partial charge in [-0.15, -0.1) is 0 Å². The fourth-order valence-corrected chi connectivity index (χ4v) is 2.25. The number of nitrogen functional groups attached to an aromatic ring is 1. The first kappa shape index (κ1) is 10.8. The van der Waals surface area contributed by atoms with E-state index in [0.717, 1.165) is 23.4 Å². The van der Waals surface area contributed by atoms with E-state index in [0.29, 0.717) is 0 Å². The SMILES string of the molecule is CCc1oc(N)nc1-c1cccc2ccccc12. The third-order valence-electron chi connectivity index (χ3n) is 3.08. The van der Waals surface area contributed by atoms with Gasteiger partial charge in [-0.25, -0.2) is 0 Å². The van der Waals surface area contributed by atoms with Crippen molar-refractivity contribution in [1.29, 1.82) is 0 Å². The maximum atomic E-state index is 5.66. The molecule has 0 unspecified atom stereocenters. The molecule has 0 spiro atoms. The summed E-state index contributed by atoms with van der Waals surface area (Å²) in [5.74, 6) is 0.837. The minimum absolute atomic E-state index is 0.231. The summed E-state index contributed by atoms with van der Waals surface area (Å²) in [6.45, 7) is 2.04. The number of aromatic nitrogens is 1. The van der Waals surface area contributed by atoms with Crippen LogP contribution in [-0.4, -0.2) is 4.98 Å². The highest BCUT2D eigenvalue weighted by atomic mass is 16.4. The fourth-order valence-electron chi connectivity index (χ4n) is 2.25. The Morgan fingerprint density at radius 2 is 1.89 bits per heavy atom. The molecule has 2 N–H and O–H groups in total. The van der Waals surface area contributed by atoms with Crippen molar-refractivity contribution in [2.45, 2.75) is 13.3 Å². The Hall–Kier alpha value is -2.29. The summed E-state index contributed by atoms with van der Waals surface area (Å²) in [6.07, 6.45) is 0.781. The van der Waals surface area contributed by atoms with Gasteiger partial charge in [-0.2, -0.15) is 4.98 Å². The second-order valence-corrected chi connectivity index (χ2v) is 4.20. The molecular weight excluding hydrogens is 224 g/mol. The summed E-state index contributed by atoms with van der Waals surface area (Å²) >= 11 is 0. The lowest BCUT2D eigenvalue weighted by Gasteiger charge is -2.04. The molecule has 3 heteroatoms. The van der Waals surface area contributed by atoms with Crippen LogP contribution in [0.25, 0.3) is 22.0 Å². The van der Waals surface area contributed by atoms with Crippen molar-refractivity contribution in [3.8, 4) is 11.3 Å². The maximum absolute atomic E-state index is 5.66. The molecule has 18 heavy (non-hydrogen) atoms. The minimum atomic E-state index is 0.231. The van der Waals surface area contributed by atoms with Crippen LogP contribution in [0.2, 0.25) is 0 Å². The zero-order valence-electron chi connectivity index (χ0n) is 10.2. The number of hydrogen-bond donors (Lipinski definition) is 1. The molecule has 0 amide bonds. The molecule has 0 saturated heterocycles. The highest BCUT2D eigenvalue weighted by Crippen LogP contribution is 2.31. The van der Waals surface area contributed by atoms with Crippen LogP contribution in [0.1, 0.15) is 12.7 Å². The van der Waals surface area contributed by atoms with Crippen LogP contribution < -0.4 is 5.73 Å². The van der Waals surface area contributed by atoms with E-state index >= 15 is 0 Å². The Balaban J connectivity index is 2.31. The Labute approximate surface area is 105 Å². The first-order chi connectivity index (χ1) is 8.79. The third-order valence-corrected chi connectivity index (χ3v) is 3.08. The van der Waals surface area contributed by atoms with E-state index in [2.05, 4.69) is 29.2 Å². The highest BCUT2D eigenvalue weighted by molar-refractivity contribution is 5.96. The molecule has 0 radical (unpaired) electrons. The highest BCUT2D eigenvalue weighted by Gasteiger charge is 2.14. The van der Waals surface area contributed by atoms with Gasteiger partial charge in [-0.1, -0.05) is 49.4 Å². The zero-order chi connectivity index (χ0) is 12.5. The number of aryl methyl sites for hydroxylation is 1. The second kappa shape index (κ2) is 4.18. The molecule has 0 aliphatic carbocycles.